The second-order valence-corrected chi connectivity index (χ2v) is 4.47. The van der Waals surface area contributed by atoms with E-state index in [4.69, 9.17) is 5.73 Å². The molecule has 1 fully saturated rings. The third-order valence-electron chi connectivity index (χ3n) is 2.45. The van der Waals surface area contributed by atoms with Crippen LogP contribution in [0.1, 0.15) is 27.2 Å². The van der Waals surface area contributed by atoms with Gasteiger partial charge in [0.2, 0.25) is 0 Å². The summed E-state index contributed by atoms with van der Waals surface area (Å²) in [5.74, 6) is 2.89. The van der Waals surface area contributed by atoms with Crippen LogP contribution in [0.4, 0.5) is 0 Å². The Hall–Kier alpha value is -0.730. The molecule has 76 valence electrons. The average molecular weight is 183 g/mol. The monoisotopic (exact) mass is 183 g/mol. The third kappa shape index (κ3) is 4.15. The van der Waals surface area contributed by atoms with Crippen molar-refractivity contribution in [2.24, 2.45) is 28.5 Å². The maximum atomic E-state index is 5.68. The number of nitrogens with one attached hydrogen (secondary N) is 1. The Bertz CT molecular complexity index is 187. The van der Waals surface area contributed by atoms with Crippen molar-refractivity contribution in [3.05, 3.63) is 0 Å². The van der Waals surface area contributed by atoms with Gasteiger partial charge in [-0.05, 0) is 24.2 Å². The summed E-state index contributed by atoms with van der Waals surface area (Å²) in [5.41, 5.74) is 5.68. The van der Waals surface area contributed by atoms with Gasteiger partial charge in [-0.1, -0.05) is 20.8 Å². The Morgan fingerprint density at radius 1 is 1.62 bits per heavy atom. The fraction of sp³-hybridized carbons (Fsp3) is 0.900. The lowest BCUT2D eigenvalue weighted by molar-refractivity contribution is 0.656. The molecule has 1 saturated carbocycles. The van der Waals surface area contributed by atoms with Crippen LogP contribution in [-0.4, -0.2) is 19.0 Å². The molecule has 1 aliphatic carbocycles. The molecule has 3 nitrogen and oxygen atoms in total. The summed E-state index contributed by atoms with van der Waals surface area (Å²) in [7, 11) is 0. The van der Waals surface area contributed by atoms with Crippen molar-refractivity contribution in [2.75, 3.05) is 13.1 Å². The number of rotatable bonds is 4. The van der Waals surface area contributed by atoms with E-state index in [0.29, 0.717) is 11.9 Å². The minimum Gasteiger partial charge on any atom is -0.370 e. The van der Waals surface area contributed by atoms with Gasteiger partial charge < -0.3 is 11.1 Å². The molecule has 0 spiro atoms. The highest BCUT2D eigenvalue weighted by Crippen LogP contribution is 2.36. The van der Waals surface area contributed by atoms with Gasteiger partial charge in [0.1, 0.15) is 0 Å². The van der Waals surface area contributed by atoms with E-state index in [0.717, 1.165) is 24.9 Å². The van der Waals surface area contributed by atoms with E-state index in [2.05, 4.69) is 31.1 Å². The molecule has 0 amide bonds. The van der Waals surface area contributed by atoms with Crippen molar-refractivity contribution < 1.29 is 0 Å². The lowest BCUT2D eigenvalue weighted by Gasteiger charge is -2.05. The molecule has 1 rings (SSSR count). The maximum Gasteiger partial charge on any atom is 0.188 e. The first kappa shape index (κ1) is 10.4. The van der Waals surface area contributed by atoms with Crippen LogP contribution in [0.5, 0.6) is 0 Å². The Morgan fingerprint density at radius 3 is 2.69 bits per heavy atom. The van der Waals surface area contributed by atoms with Gasteiger partial charge >= 0.3 is 0 Å². The van der Waals surface area contributed by atoms with Gasteiger partial charge in [0.05, 0.1) is 0 Å². The van der Waals surface area contributed by atoms with Gasteiger partial charge in [-0.15, -0.1) is 0 Å². The zero-order valence-electron chi connectivity index (χ0n) is 8.88. The van der Waals surface area contributed by atoms with Crippen molar-refractivity contribution in [3.63, 3.8) is 0 Å². The zero-order valence-corrected chi connectivity index (χ0v) is 8.88. The lowest BCUT2D eigenvalue weighted by atomic mass is 10.2. The Kier molecular flexibility index (Phi) is 3.58. The van der Waals surface area contributed by atoms with Crippen LogP contribution in [0.2, 0.25) is 0 Å². The zero-order chi connectivity index (χ0) is 9.84. The van der Waals surface area contributed by atoms with Crippen molar-refractivity contribution in [3.8, 4) is 0 Å². The van der Waals surface area contributed by atoms with Crippen LogP contribution < -0.4 is 11.1 Å². The maximum absolute atomic E-state index is 5.68. The van der Waals surface area contributed by atoms with Crippen LogP contribution in [0.3, 0.4) is 0 Å². The van der Waals surface area contributed by atoms with Crippen LogP contribution in [0, 0.1) is 17.8 Å². The van der Waals surface area contributed by atoms with E-state index in [-0.39, 0.29) is 0 Å². The molecule has 2 unspecified atom stereocenters. The predicted molar refractivity (Wildman–Crippen MR) is 56.6 cm³/mol. The third-order valence-corrected chi connectivity index (χ3v) is 2.45. The molecule has 0 heterocycles. The molecule has 0 radical (unpaired) electrons. The van der Waals surface area contributed by atoms with E-state index in [9.17, 15) is 0 Å². The molecule has 0 bridgehead atoms. The molecule has 2 atom stereocenters. The quantitative estimate of drug-likeness (QED) is 0.508. The Labute approximate surface area is 80.8 Å². The highest BCUT2D eigenvalue weighted by atomic mass is 15.1. The normalized spacial score (nSPS) is 27.8. The van der Waals surface area contributed by atoms with E-state index >= 15 is 0 Å². The topological polar surface area (TPSA) is 50.4 Å². The number of nitrogens with zero attached hydrogens (tertiary/aromatic N) is 1. The molecule has 3 N–H and O–H groups in total. The van der Waals surface area contributed by atoms with Crippen LogP contribution in [0.15, 0.2) is 4.99 Å². The summed E-state index contributed by atoms with van der Waals surface area (Å²) in [4.78, 5) is 4.23. The second kappa shape index (κ2) is 4.49. The molecule has 0 saturated heterocycles. The molecule has 0 aliphatic heterocycles. The summed E-state index contributed by atoms with van der Waals surface area (Å²) < 4.78 is 0. The first-order chi connectivity index (χ1) is 6.09. The summed E-state index contributed by atoms with van der Waals surface area (Å²) in [6, 6.07) is 0. The number of guanidine groups is 1. The number of hydrogen-bond acceptors (Lipinski definition) is 1. The molecule has 0 aromatic rings. The van der Waals surface area contributed by atoms with E-state index in [1.54, 1.807) is 0 Å². The number of aliphatic imine (C=N–C) groups is 1. The minimum absolute atomic E-state index is 0.584. The van der Waals surface area contributed by atoms with Gasteiger partial charge in [-0.25, -0.2) is 0 Å². The van der Waals surface area contributed by atoms with Gasteiger partial charge in [0, 0.05) is 13.1 Å². The van der Waals surface area contributed by atoms with Gasteiger partial charge in [0.25, 0.3) is 0 Å². The fourth-order valence-electron chi connectivity index (χ4n) is 1.26. The molecule has 1 aliphatic rings. The number of hydrogen-bond donors (Lipinski definition) is 2. The minimum atomic E-state index is 0.584. The van der Waals surface area contributed by atoms with Crippen molar-refractivity contribution in [1.82, 2.24) is 5.32 Å². The molecule has 13 heavy (non-hydrogen) atoms. The highest BCUT2D eigenvalue weighted by molar-refractivity contribution is 5.77. The molecule has 0 aromatic carbocycles. The predicted octanol–water partition coefficient (Wildman–Crippen LogP) is 1.20. The van der Waals surface area contributed by atoms with Crippen molar-refractivity contribution >= 4 is 5.96 Å². The smallest absolute Gasteiger partial charge is 0.188 e. The van der Waals surface area contributed by atoms with Crippen LogP contribution in [-0.2, 0) is 0 Å². The van der Waals surface area contributed by atoms with E-state index < -0.39 is 0 Å². The lowest BCUT2D eigenvalue weighted by Crippen LogP contribution is -2.33. The Morgan fingerprint density at radius 2 is 2.23 bits per heavy atom. The van der Waals surface area contributed by atoms with Crippen LogP contribution in [0.25, 0.3) is 0 Å². The van der Waals surface area contributed by atoms with E-state index in [1.165, 1.54) is 6.42 Å². The van der Waals surface area contributed by atoms with Gasteiger partial charge in [-0.2, -0.15) is 0 Å². The Balaban J connectivity index is 2.09. The second-order valence-electron chi connectivity index (χ2n) is 4.47. The average Bonchev–Trinajstić information content (AvgIpc) is 2.75. The molecule has 3 heteroatoms. The summed E-state index contributed by atoms with van der Waals surface area (Å²) in [5, 5.41) is 3.16. The molecule has 0 aromatic heterocycles. The van der Waals surface area contributed by atoms with Crippen molar-refractivity contribution in [1.29, 1.82) is 0 Å². The molecular weight excluding hydrogens is 162 g/mol. The summed E-state index contributed by atoms with van der Waals surface area (Å²) in [6.07, 6.45) is 1.34. The summed E-state index contributed by atoms with van der Waals surface area (Å²) in [6.45, 7) is 8.36. The number of nitrogens with two attached hydrogens (primary N) is 1. The highest BCUT2D eigenvalue weighted by Gasteiger charge is 2.31. The SMILES string of the molecule is CC(C)CN=C(N)NCC1CC1C. The van der Waals surface area contributed by atoms with Gasteiger partial charge in [0.15, 0.2) is 5.96 Å². The standard InChI is InChI=1S/C10H21N3/c1-7(2)5-12-10(11)13-6-9-4-8(9)3/h7-9H,4-6H2,1-3H3,(H3,11,12,13). The summed E-state index contributed by atoms with van der Waals surface area (Å²) >= 11 is 0. The first-order valence-electron chi connectivity index (χ1n) is 5.13. The van der Waals surface area contributed by atoms with Gasteiger partial charge in [-0.3, -0.25) is 4.99 Å². The van der Waals surface area contributed by atoms with Crippen molar-refractivity contribution in [2.45, 2.75) is 27.2 Å². The van der Waals surface area contributed by atoms with Crippen LogP contribution >= 0.6 is 0 Å². The first-order valence-corrected chi connectivity index (χ1v) is 5.13. The fourth-order valence-corrected chi connectivity index (χ4v) is 1.26. The molecular formula is C10H21N3. The largest absolute Gasteiger partial charge is 0.370 e. The van der Waals surface area contributed by atoms with E-state index in [1.807, 2.05) is 0 Å².